The van der Waals surface area contributed by atoms with Gasteiger partial charge in [0.25, 0.3) is 15.7 Å². The first-order valence-electron chi connectivity index (χ1n) is 7.14. The molecule has 6 nitrogen and oxygen atoms in total. The number of aryl methyl sites for hydroxylation is 1. The minimum absolute atomic E-state index is 0.187. The summed E-state index contributed by atoms with van der Waals surface area (Å²) in [5.74, 6) is -0.472. The zero-order valence-corrected chi connectivity index (χ0v) is 13.5. The Kier molecular flexibility index (Phi) is 3.84. The van der Waals surface area contributed by atoms with Gasteiger partial charge in [-0.3, -0.25) is 10.1 Å². The maximum atomic E-state index is 13.3. The van der Waals surface area contributed by atoms with E-state index in [0.29, 0.717) is 22.9 Å². The highest BCUT2D eigenvalue weighted by atomic mass is 32.2. The van der Waals surface area contributed by atoms with Crippen LogP contribution in [0.5, 0.6) is 0 Å². The van der Waals surface area contributed by atoms with E-state index in [1.165, 1.54) is 36.5 Å². The van der Waals surface area contributed by atoms with Gasteiger partial charge in [0.1, 0.15) is 5.82 Å². The molecule has 0 saturated carbocycles. The summed E-state index contributed by atoms with van der Waals surface area (Å²) in [6.07, 6.45) is 1.72. The maximum absolute atomic E-state index is 13.3. The standard InChI is InChI=1S/C16H13FN2O4S/c1-2-11-3-5-14(10-16(11)19(20)21)24(22,23)18-8-7-12-9-13(17)4-6-15(12)18/h3-10H,2H2,1H3. The van der Waals surface area contributed by atoms with Gasteiger partial charge in [-0.2, -0.15) is 0 Å². The van der Waals surface area contributed by atoms with E-state index in [4.69, 9.17) is 0 Å². The smallest absolute Gasteiger partial charge is 0.258 e. The third-order valence-corrected chi connectivity index (χ3v) is 5.49. The number of nitro benzene ring substituents is 1. The molecule has 0 atom stereocenters. The number of aromatic nitrogens is 1. The van der Waals surface area contributed by atoms with Gasteiger partial charge in [-0.05, 0) is 36.8 Å². The Balaban J connectivity index is 2.20. The first-order chi connectivity index (χ1) is 11.3. The second kappa shape index (κ2) is 5.72. The summed E-state index contributed by atoms with van der Waals surface area (Å²) in [4.78, 5) is 10.4. The van der Waals surface area contributed by atoms with Gasteiger partial charge in [0, 0.05) is 23.2 Å². The third kappa shape index (κ3) is 2.54. The van der Waals surface area contributed by atoms with Gasteiger partial charge in [0.2, 0.25) is 0 Å². The van der Waals surface area contributed by atoms with Gasteiger partial charge in [0.05, 0.1) is 15.3 Å². The van der Waals surface area contributed by atoms with Crippen LogP contribution in [0.15, 0.2) is 53.6 Å². The highest BCUT2D eigenvalue weighted by Crippen LogP contribution is 2.27. The van der Waals surface area contributed by atoms with Gasteiger partial charge in [-0.1, -0.05) is 13.0 Å². The molecule has 0 spiro atoms. The fraction of sp³-hybridized carbons (Fsp3) is 0.125. The van der Waals surface area contributed by atoms with Crippen molar-refractivity contribution in [3.63, 3.8) is 0 Å². The molecular formula is C16H13FN2O4S. The van der Waals surface area contributed by atoms with Crippen LogP contribution >= 0.6 is 0 Å². The Bertz CT molecular complexity index is 1060. The van der Waals surface area contributed by atoms with Gasteiger partial charge in [0.15, 0.2) is 0 Å². The van der Waals surface area contributed by atoms with Crippen LogP contribution in [0, 0.1) is 15.9 Å². The predicted octanol–water partition coefficient (Wildman–Crippen LogP) is 3.49. The molecule has 0 fully saturated rings. The molecule has 0 unspecified atom stereocenters. The summed E-state index contributed by atoms with van der Waals surface area (Å²) in [6, 6.07) is 9.07. The first-order valence-corrected chi connectivity index (χ1v) is 8.58. The molecule has 3 rings (SSSR count). The highest BCUT2D eigenvalue weighted by molar-refractivity contribution is 7.90. The SMILES string of the molecule is CCc1ccc(S(=O)(=O)n2ccc3cc(F)ccc32)cc1[N+](=O)[O-]. The van der Waals surface area contributed by atoms with Gasteiger partial charge in [-0.25, -0.2) is 16.8 Å². The Morgan fingerprint density at radius 2 is 1.92 bits per heavy atom. The predicted molar refractivity (Wildman–Crippen MR) is 87.0 cm³/mol. The molecule has 0 radical (unpaired) electrons. The van der Waals surface area contributed by atoms with Crippen molar-refractivity contribution < 1.29 is 17.7 Å². The lowest BCUT2D eigenvalue weighted by Crippen LogP contribution is -2.12. The second-order valence-electron chi connectivity index (χ2n) is 5.22. The molecule has 0 aliphatic heterocycles. The fourth-order valence-electron chi connectivity index (χ4n) is 2.58. The zero-order valence-electron chi connectivity index (χ0n) is 12.6. The van der Waals surface area contributed by atoms with Crippen LogP contribution in [0.1, 0.15) is 12.5 Å². The van der Waals surface area contributed by atoms with E-state index in [1.807, 2.05) is 0 Å². The molecule has 0 aliphatic rings. The number of nitrogens with zero attached hydrogens (tertiary/aromatic N) is 2. The molecule has 124 valence electrons. The monoisotopic (exact) mass is 348 g/mol. The van der Waals surface area contributed by atoms with Crippen molar-refractivity contribution in [1.29, 1.82) is 0 Å². The van der Waals surface area contributed by atoms with Crippen LogP contribution < -0.4 is 0 Å². The Labute approximate surface area is 137 Å². The van der Waals surface area contributed by atoms with Crippen LogP contribution in [-0.2, 0) is 16.4 Å². The number of hydrogen-bond acceptors (Lipinski definition) is 4. The summed E-state index contributed by atoms with van der Waals surface area (Å²) in [6.45, 7) is 1.75. The highest BCUT2D eigenvalue weighted by Gasteiger charge is 2.23. The average Bonchev–Trinajstić information content (AvgIpc) is 2.97. The maximum Gasteiger partial charge on any atom is 0.273 e. The molecule has 1 aromatic heterocycles. The lowest BCUT2D eigenvalue weighted by Gasteiger charge is -2.09. The molecule has 1 heterocycles. The Morgan fingerprint density at radius 1 is 1.17 bits per heavy atom. The molecule has 3 aromatic rings. The lowest BCUT2D eigenvalue weighted by atomic mass is 10.1. The van der Waals surface area contributed by atoms with Gasteiger partial charge in [-0.15, -0.1) is 0 Å². The van der Waals surface area contributed by atoms with Crippen molar-refractivity contribution in [3.8, 4) is 0 Å². The van der Waals surface area contributed by atoms with E-state index in [2.05, 4.69) is 0 Å². The normalized spacial score (nSPS) is 11.8. The van der Waals surface area contributed by atoms with Gasteiger partial charge >= 0.3 is 0 Å². The van der Waals surface area contributed by atoms with E-state index in [-0.39, 0.29) is 10.6 Å². The minimum Gasteiger partial charge on any atom is -0.258 e. The zero-order chi connectivity index (χ0) is 17.5. The second-order valence-corrected chi connectivity index (χ2v) is 7.04. The van der Waals surface area contributed by atoms with Crippen molar-refractivity contribution in [2.45, 2.75) is 18.2 Å². The number of fused-ring (bicyclic) bond motifs is 1. The molecule has 2 aromatic carbocycles. The van der Waals surface area contributed by atoms with E-state index in [1.54, 1.807) is 6.92 Å². The van der Waals surface area contributed by atoms with Crippen LogP contribution in [0.3, 0.4) is 0 Å². The largest absolute Gasteiger partial charge is 0.273 e. The van der Waals surface area contributed by atoms with E-state index in [9.17, 15) is 22.9 Å². The number of nitro groups is 1. The fourth-order valence-corrected chi connectivity index (χ4v) is 3.96. The molecular weight excluding hydrogens is 335 g/mol. The van der Waals surface area contributed by atoms with E-state index < -0.39 is 20.8 Å². The summed E-state index contributed by atoms with van der Waals surface area (Å²) in [5, 5.41) is 11.6. The van der Waals surface area contributed by atoms with Crippen LogP contribution in [0.25, 0.3) is 10.9 Å². The molecule has 0 aliphatic carbocycles. The molecule has 0 saturated heterocycles. The van der Waals surface area contributed by atoms with Crippen LogP contribution in [-0.4, -0.2) is 17.3 Å². The summed E-state index contributed by atoms with van der Waals surface area (Å²) < 4.78 is 39.9. The van der Waals surface area contributed by atoms with Crippen molar-refractivity contribution >= 4 is 26.6 Å². The quantitative estimate of drug-likeness (QED) is 0.534. The summed E-state index contributed by atoms with van der Waals surface area (Å²) in [5.41, 5.74) is 0.526. The number of benzene rings is 2. The topological polar surface area (TPSA) is 82.2 Å². The van der Waals surface area contributed by atoms with Gasteiger partial charge < -0.3 is 0 Å². The minimum atomic E-state index is -4.03. The van der Waals surface area contributed by atoms with Crippen molar-refractivity contribution in [1.82, 2.24) is 3.97 Å². The van der Waals surface area contributed by atoms with Crippen LogP contribution in [0.2, 0.25) is 0 Å². The van der Waals surface area contributed by atoms with Crippen molar-refractivity contribution in [3.05, 3.63) is 70.2 Å². The van der Waals surface area contributed by atoms with Crippen molar-refractivity contribution in [2.75, 3.05) is 0 Å². The lowest BCUT2D eigenvalue weighted by molar-refractivity contribution is -0.385. The summed E-state index contributed by atoms with van der Waals surface area (Å²) >= 11 is 0. The Morgan fingerprint density at radius 3 is 2.58 bits per heavy atom. The van der Waals surface area contributed by atoms with Crippen molar-refractivity contribution in [2.24, 2.45) is 0 Å². The molecule has 0 N–H and O–H groups in total. The first kappa shape index (κ1) is 16.1. The molecule has 8 heteroatoms. The average molecular weight is 348 g/mol. The third-order valence-electron chi connectivity index (χ3n) is 3.81. The van der Waals surface area contributed by atoms with E-state index >= 15 is 0 Å². The number of hydrogen-bond donors (Lipinski definition) is 0. The molecule has 0 amide bonds. The Hall–Kier alpha value is -2.74. The summed E-state index contributed by atoms with van der Waals surface area (Å²) in [7, 11) is -4.03. The van der Waals surface area contributed by atoms with Crippen LogP contribution in [0.4, 0.5) is 10.1 Å². The molecule has 0 bridgehead atoms. The molecule has 24 heavy (non-hydrogen) atoms. The number of halogens is 1. The van der Waals surface area contributed by atoms with E-state index in [0.717, 1.165) is 16.1 Å². The number of rotatable bonds is 4.